The van der Waals surface area contributed by atoms with E-state index in [4.69, 9.17) is 0 Å². The van der Waals surface area contributed by atoms with Crippen molar-refractivity contribution >= 4 is 11.8 Å². The predicted molar refractivity (Wildman–Crippen MR) is 88.7 cm³/mol. The zero-order valence-electron chi connectivity index (χ0n) is 12.3. The minimum atomic E-state index is -0.325. The Balaban J connectivity index is 2.32. The molecule has 2 aromatic rings. The molecule has 2 N–H and O–H groups in total. The number of benzene rings is 2. The lowest BCUT2D eigenvalue weighted by molar-refractivity contribution is 0.239. The first-order chi connectivity index (χ1) is 10.2. The fourth-order valence-electron chi connectivity index (χ4n) is 2.40. The number of hydrogen-bond acceptors (Lipinski definition) is 3. The van der Waals surface area contributed by atoms with E-state index in [0.29, 0.717) is 0 Å². The van der Waals surface area contributed by atoms with Crippen LogP contribution in [0.15, 0.2) is 59.5 Å². The summed E-state index contributed by atoms with van der Waals surface area (Å²) in [5.41, 5.74) is 1.15. The molecular formula is C18H22O2S. The Morgan fingerprint density at radius 2 is 1.67 bits per heavy atom. The van der Waals surface area contributed by atoms with Gasteiger partial charge in [0, 0.05) is 4.90 Å². The first kappa shape index (κ1) is 15.9. The third kappa shape index (κ3) is 4.02. The normalized spacial score (nSPS) is 13.8. The maximum absolute atomic E-state index is 10.1. The summed E-state index contributed by atoms with van der Waals surface area (Å²) in [6, 6.07) is 17.4. The van der Waals surface area contributed by atoms with E-state index in [1.807, 2.05) is 30.3 Å². The molecule has 0 saturated carbocycles. The van der Waals surface area contributed by atoms with E-state index in [9.17, 15) is 10.2 Å². The third-order valence-corrected chi connectivity index (χ3v) is 5.11. The van der Waals surface area contributed by atoms with Gasteiger partial charge in [0.15, 0.2) is 0 Å². The van der Waals surface area contributed by atoms with Gasteiger partial charge in [0.1, 0.15) is 5.75 Å². The van der Waals surface area contributed by atoms with Crippen molar-refractivity contribution in [2.45, 2.75) is 35.8 Å². The molecule has 3 heteroatoms. The molecule has 0 aliphatic rings. The molecule has 0 fully saturated rings. The molecule has 112 valence electrons. The van der Waals surface area contributed by atoms with E-state index in [1.165, 1.54) is 0 Å². The van der Waals surface area contributed by atoms with Gasteiger partial charge in [0.25, 0.3) is 0 Å². The quantitative estimate of drug-likeness (QED) is 0.736. The summed E-state index contributed by atoms with van der Waals surface area (Å²) < 4.78 is -0.325. The van der Waals surface area contributed by atoms with Crippen LogP contribution in [0.25, 0.3) is 0 Å². The maximum atomic E-state index is 10.1. The summed E-state index contributed by atoms with van der Waals surface area (Å²) in [5.74, 6) is 0.266. The largest absolute Gasteiger partial charge is 0.508 e. The lowest BCUT2D eigenvalue weighted by atomic mass is 9.93. The van der Waals surface area contributed by atoms with Gasteiger partial charge in [-0.15, -0.1) is 11.8 Å². The van der Waals surface area contributed by atoms with E-state index >= 15 is 0 Å². The van der Waals surface area contributed by atoms with Gasteiger partial charge in [-0.3, -0.25) is 0 Å². The molecular weight excluding hydrogens is 280 g/mol. The van der Waals surface area contributed by atoms with Crippen LogP contribution in [0.3, 0.4) is 0 Å². The molecule has 0 bridgehead atoms. The number of unbranched alkanes of at least 4 members (excludes halogenated alkanes) is 1. The second-order valence-corrected chi connectivity index (χ2v) is 6.67. The van der Waals surface area contributed by atoms with Gasteiger partial charge in [0.05, 0.1) is 11.4 Å². The number of aliphatic hydroxyl groups excluding tert-OH is 1. The van der Waals surface area contributed by atoms with Gasteiger partial charge in [-0.05, 0) is 36.2 Å². The molecule has 2 nitrogen and oxygen atoms in total. The molecule has 1 atom stereocenters. The number of phenolic OH excluding ortho intramolecular Hbond substituents is 1. The molecule has 0 spiro atoms. The third-order valence-electron chi connectivity index (χ3n) is 3.64. The molecule has 0 aromatic heterocycles. The topological polar surface area (TPSA) is 40.5 Å². The minimum absolute atomic E-state index is 0.0998. The monoisotopic (exact) mass is 302 g/mol. The van der Waals surface area contributed by atoms with Crippen LogP contribution in [-0.4, -0.2) is 16.8 Å². The van der Waals surface area contributed by atoms with Crippen LogP contribution in [0.1, 0.15) is 31.7 Å². The number of hydrogen-bond donors (Lipinski definition) is 2. The first-order valence-electron chi connectivity index (χ1n) is 7.34. The Morgan fingerprint density at radius 3 is 2.24 bits per heavy atom. The zero-order valence-corrected chi connectivity index (χ0v) is 13.1. The zero-order chi connectivity index (χ0) is 15.1. The Bertz CT molecular complexity index is 539. The Kier molecular flexibility index (Phi) is 5.71. The average molecular weight is 302 g/mol. The molecule has 0 radical (unpaired) electrons. The number of aliphatic hydroxyl groups is 1. The molecule has 1 unspecified atom stereocenters. The Hall–Kier alpha value is -1.45. The lowest BCUT2D eigenvalue weighted by Gasteiger charge is -2.32. The summed E-state index contributed by atoms with van der Waals surface area (Å²) >= 11 is 1.68. The van der Waals surface area contributed by atoms with Gasteiger partial charge < -0.3 is 10.2 Å². The molecule has 2 rings (SSSR count). The molecule has 0 aliphatic carbocycles. The van der Waals surface area contributed by atoms with E-state index in [0.717, 1.165) is 29.7 Å². The summed E-state index contributed by atoms with van der Waals surface area (Å²) in [6.07, 6.45) is 3.10. The van der Waals surface area contributed by atoms with Gasteiger partial charge >= 0.3 is 0 Å². The van der Waals surface area contributed by atoms with Crippen LogP contribution >= 0.6 is 11.8 Å². The highest BCUT2D eigenvalue weighted by molar-refractivity contribution is 8.00. The lowest BCUT2D eigenvalue weighted by Crippen LogP contribution is -2.26. The van der Waals surface area contributed by atoms with Crippen molar-refractivity contribution < 1.29 is 10.2 Å². The van der Waals surface area contributed by atoms with E-state index in [-0.39, 0.29) is 17.1 Å². The summed E-state index contributed by atoms with van der Waals surface area (Å²) in [5, 5.41) is 19.5. The fraction of sp³-hybridized carbons (Fsp3) is 0.333. The molecule has 0 heterocycles. The van der Waals surface area contributed by atoms with Crippen LogP contribution < -0.4 is 0 Å². The van der Waals surface area contributed by atoms with E-state index in [2.05, 4.69) is 19.1 Å². The van der Waals surface area contributed by atoms with Crippen molar-refractivity contribution in [2.75, 3.05) is 6.61 Å². The summed E-state index contributed by atoms with van der Waals surface area (Å²) in [4.78, 5) is 1.06. The standard InChI is InChI=1S/C18H22O2S/c1-2-3-13-18(14-19,15-7-5-4-6-8-15)21-17-11-9-16(20)10-12-17/h4-12,19-20H,2-3,13-14H2,1H3. The van der Waals surface area contributed by atoms with E-state index < -0.39 is 0 Å². The van der Waals surface area contributed by atoms with Crippen LogP contribution in [-0.2, 0) is 4.75 Å². The predicted octanol–water partition coefficient (Wildman–Crippen LogP) is 4.56. The second kappa shape index (κ2) is 7.53. The number of phenols is 1. The fourth-order valence-corrected chi connectivity index (χ4v) is 3.69. The number of thioether (sulfide) groups is 1. The van der Waals surface area contributed by atoms with Gasteiger partial charge in [-0.1, -0.05) is 50.1 Å². The Labute approximate surface area is 130 Å². The molecule has 0 saturated heterocycles. The molecule has 0 aliphatic heterocycles. The van der Waals surface area contributed by atoms with Gasteiger partial charge in [0.2, 0.25) is 0 Å². The van der Waals surface area contributed by atoms with Gasteiger partial charge in [-0.25, -0.2) is 0 Å². The highest BCUT2D eigenvalue weighted by Gasteiger charge is 2.32. The van der Waals surface area contributed by atoms with Crippen molar-refractivity contribution in [3.63, 3.8) is 0 Å². The average Bonchev–Trinajstić information content (AvgIpc) is 2.54. The molecule has 2 aromatic carbocycles. The highest BCUT2D eigenvalue weighted by atomic mass is 32.2. The van der Waals surface area contributed by atoms with Crippen LogP contribution in [0.4, 0.5) is 0 Å². The van der Waals surface area contributed by atoms with Crippen molar-refractivity contribution in [3.8, 4) is 5.75 Å². The van der Waals surface area contributed by atoms with Crippen molar-refractivity contribution in [3.05, 3.63) is 60.2 Å². The highest BCUT2D eigenvalue weighted by Crippen LogP contribution is 2.45. The van der Waals surface area contributed by atoms with Crippen LogP contribution in [0.5, 0.6) is 5.75 Å². The Morgan fingerprint density at radius 1 is 1.00 bits per heavy atom. The van der Waals surface area contributed by atoms with E-state index in [1.54, 1.807) is 23.9 Å². The number of rotatable bonds is 7. The molecule has 0 amide bonds. The summed E-state index contributed by atoms with van der Waals surface area (Å²) in [7, 11) is 0. The van der Waals surface area contributed by atoms with Crippen molar-refractivity contribution in [2.24, 2.45) is 0 Å². The van der Waals surface area contributed by atoms with Crippen molar-refractivity contribution in [1.29, 1.82) is 0 Å². The first-order valence-corrected chi connectivity index (χ1v) is 8.16. The molecule has 21 heavy (non-hydrogen) atoms. The minimum Gasteiger partial charge on any atom is -0.508 e. The maximum Gasteiger partial charge on any atom is 0.115 e. The van der Waals surface area contributed by atoms with Crippen LogP contribution in [0.2, 0.25) is 0 Å². The summed E-state index contributed by atoms with van der Waals surface area (Å²) in [6.45, 7) is 2.26. The van der Waals surface area contributed by atoms with Crippen LogP contribution in [0, 0.1) is 0 Å². The second-order valence-electron chi connectivity index (χ2n) is 5.22. The van der Waals surface area contributed by atoms with Gasteiger partial charge in [-0.2, -0.15) is 0 Å². The smallest absolute Gasteiger partial charge is 0.115 e. The van der Waals surface area contributed by atoms with Crippen molar-refractivity contribution in [1.82, 2.24) is 0 Å². The number of aromatic hydroxyl groups is 1. The SMILES string of the molecule is CCCCC(CO)(Sc1ccc(O)cc1)c1ccccc1.